The summed E-state index contributed by atoms with van der Waals surface area (Å²) in [5, 5.41) is 19.5. The Morgan fingerprint density at radius 2 is 2.33 bits per heavy atom. The number of carboxylic acid groups (broad SMARTS) is 1. The lowest BCUT2D eigenvalue weighted by Gasteiger charge is -2.04. The molecule has 0 spiro atoms. The molecule has 0 aliphatic carbocycles. The minimum Gasteiger partial charge on any atom is -0.478 e. The Morgan fingerprint density at radius 3 is 2.93 bits per heavy atom. The van der Waals surface area contributed by atoms with Gasteiger partial charge in [-0.25, -0.2) is 4.79 Å². The molecule has 1 aromatic rings. The summed E-state index contributed by atoms with van der Waals surface area (Å²) in [5.41, 5.74) is 2.86. The average molecular weight is 226 g/mol. The van der Waals surface area contributed by atoms with Crippen molar-refractivity contribution in [1.82, 2.24) is 0 Å². The SMILES string of the molecule is N=C/C=N\Nc1ccc(Cl)cc1C(=O)O. The van der Waals surface area contributed by atoms with Crippen molar-refractivity contribution in [3.8, 4) is 0 Å². The Morgan fingerprint density at radius 1 is 1.60 bits per heavy atom. The van der Waals surface area contributed by atoms with Crippen LogP contribution in [0.5, 0.6) is 0 Å². The summed E-state index contributed by atoms with van der Waals surface area (Å²) in [5.74, 6) is -1.09. The summed E-state index contributed by atoms with van der Waals surface area (Å²) in [6.45, 7) is 0. The number of nitrogens with zero attached hydrogens (tertiary/aromatic N) is 1. The molecule has 0 unspecified atom stereocenters. The molecule has 0 saturated carbocycles. The van der Waals surface area contributed by atoms with Gasteiger partial charge in [0.1, 0.15) is 0 Å². The molecule has 0 heterocycles. The van der Waals surface area contributed by atoms with Crippen LogP contribution in [0, 0.1) is 5.41 Å². The highest BCUT2D eigenvalue weighted by atomic mass is 35.5. The van der Waals surface area contributed by atoms with Crippen LogP contribution in [-0.4, -0.2) is 23.5 Å². The van der Waals surface area contributed by atoms with Gasteiger partial charge < -0.3 is 10.5 Å². The maximum Gasteiger partial charge on any atom is 0.337 e. The van der Waals surface area contributed by atoms with Crippen molar-refractivity contribution >= 4 is 35.7 Å². The van der Waals surface area contributed by atoms with Gasteiger partial charge in [0.2, 0.25) is 0 Å². The van der Waals surface area contributed by atoms with E-state index < -0.39 is 5.97 Å². The Labute approximate surface area is 90.9 Å². The molecule has 0 atom stereocenters. The van der Waals surface area contributed by atoms with Gasteiger partial charge in [-0.05, 0) is 18.2 Å². The summed E-state index contributed by atoms with van der Waals surface area (Å²) in [7, 11) is 0. The molecule has 6 heteroatoms. The van der Waals surface area contributed by atoms with Crippen LogP contribution < -0.4 is 5.43 Å². The van der Waals surface area contributed by atoms with E-state index in [1.807, 2.05) is 0 Å². The predicted octanol–water partition coefficient (Wildman–Crippen LogP) is 2.09. The first-order valence-electron chi connectivity index (χ1n) is 3.96. The number of hydrogen-bond donors (Lipinski definition) is 3. The fourth-order valence-corrected chi connectivity index (χ4v) is 1.11. The summed E-state index contributed by atoms with van der Waals surface area (Å²) in [4.78, 5) is 10.8. The molecule has 0 aliphatic rings. The molecule has 5 nitrogen and oxygen atoms in total. The standard InChI is InChI=1S/C9H8ClN3O2/c10-6-1-2-8(13-12-4-3-11)7(5-6)9(14)15/h1-5,11,13H,(H,14,15)/b11-3?,12-4-. The van der Waals surface area contributed by atoms with Gasteiger partial charge in [-0.3, -0.25) is 5.43 Å². The number of nitrogens with one attached hydrogen (secondary N) is 2. The van der Waals surface area contributed by atoms with Crippen LogP contribution >= 0.6 is 11.6 Å². The Kier molecular flexibility index (Phi) is 3.82. The molecule has 1 rings (SSSR count). The zero-order valence-electron chi connectivity index (χ0n) is 7.57. The first-order chi connectivity index (χ1) is 7.15. The molecular formula is C9H8ClN3O2. The molecule has 0 radical (unpaired) electrons. The zero-order valence-corrected chi connectivity index (χ0v) is 8.32. The number of rotatable bonds is 4. The lowest BCUT2D eigenvalue weighted by molar-refractivity contribution is 0.0698. The van der Waals surface area contributed by atoms with Gasteiger partial charge in [-0.15, -0.1) is 0 Å². The molecule has 0 aliphatic heterocycles. The van der Waals surface area contributed by atoms with Crippen LogP contribution in [0.15, 0.2) is 23.3 Å². The third-order valence-electron chi connectivity index (χ3n) is 1.55. The number of aromatic carboxylic acids is 1. The van der Waals surface area contributed by atoms with Crippen molar-refractivity contribution in [2.75, 3.05) is 5.43 Å². The van der Waals surface area contributed by atoms with Crippen LogP contribution in [0.3, 0.4) is 0 Å². The van der Waals surface area contributed by atoms with E-state index >= 15 is 0 Å². The fraction of sp³-hybridized carbons (Fsp3) is 0. The summed E-state index contributed by atoms with van der Waals surface area (Å²) in [6.07, 6.45) is 2.17. The van der Waals surface area contributed by atoms with E-state index in [2.05, 4.69) is 10.5 Å². The van der Waals surface area contributed by atoms with Crippen molar-refractivity contribution in [2.24, 2.45) is 5.10 Å². The van der Waals surface area contributed by atoms with E-state index in [9.17, 15) is 4.79 Å². The Balaban J connectivity index is 3.00. The molecule has 1 aromatic carbocycles. The maximum atomic E-state index is 10.8. The fourth-order valence-electron chi connectivity index (χ4n) is 0.935. The average Bonchev–Trinajstić information content (AvgIpc) is 2.20. The normalized spacial score (nSPS) is 10.2. The first-order valence-corrected chi connectivity index (χ1v) is 4.34. The lowest BCUT2D eigenvalue weighted by Crippen LogP contribution is -2.02. The van der Waals surface area contributed by atoms with Crippen LogP contribution in [0.25, 0.3) is 0 Å². The summed E-state index contributed by atoms with van der Waals surface area (Å²) >= 11 is 5.66. The van der Waals surface area contributed by atoms with Gasteiger partial charge in [0.15, 0.2) is 0 Å². The van der Waals surface area contributed by atoms with Crippen molar-refractivity contribution in [1.29, 1.82) is 5.41 Å². The Hall–Kier alpha value is -1.88. The smallest absolute Gasteiger partial charge is 0.337 e. The maximum absolute atomic E-state index is 10.8. The van der Waals surface area contributed by atoms with Crippen molar-refractivity contribution in [3.05, 3.63) is 28.8 Å². The number of halogens is 1. The molecule has 0 fully saturated rings. The number of benzene rings is 1. The third kappa shape index (κ3) is 3.07. The quantitative estimate of drug-likeness (QED) is 0.542. The molecule has 0 saturated heterocycles. The molecular weight excluding hydrogens is 218 g/mol. The molecule has 15 heavy (non-hydrogen) atoms. The number of hydrazone groups is 1. The van der Waals surface area contributed by atoms with Gasteiger partial charge >= 0.3 is 5.97 Å². The van der Waals surface area contributed by atoms with Crippen molar-refractivity contribution in [3.63, 3.8) is 0 Å². The number of anilines is 1. The lowest BCUT2D eigenvalue weighted by atomic mass is 10.2. The van der Waals surface area contributed by atoms with E-state index in [1.165, 1.54) is 18.3 Å². The largest absolute Gasteiger partial charge is 0.478 e. The van der Waals surface area contributed by atoms with Gasteiger partial charge in [-0.2, -0.15) is 5.10 Å². The zero-order chi connectivity index (χ0) is 11.3. The minimum absolute atomic E-state index is 0.0321. The highest BCUT2D eigenvalue weighted by molar-refractivity contribution is 6.31. The molecule has 3 N–H and O–H groups in total. The van der Waals surface area contributed by atoms with Crippen LogP contribution in [0.1, 0.15) is 10.4 Å². The second kappa shape index (κ2) is 5.11. The minimum atomic E-state index is -1.09. The van der Waals surface area contributed by atoms with Crippen LogP contribution in [0.4, 0.5) is 5.69 Å². The molecule has 0 bridgehead atoms. The van der Waals surface area contributed by atoms with E-state index in [0.29, 0.717) is 10.7 Å². The predicted molar refractivity (Wildman–Crippen MR) is 59.3 cm³/mol. The first kappa shape index (κ1) is 11.2. The van der Waals surface area contributed by atoms with Gasteiger partial charge in [0, 0.05) is 11.2 Å². The van der Waals surface area contributed by atoms with Gasteiger partial charge in [0.05, 0.1) is 17.5 Å². The molecule has 0 aromatic heterocycles. The highest BCUT2D eigenvalue weighted by Gasteiger charge is 2.09. The van der Waals surface area contributed by atoms with Crippen molar-refractivity contribution < 1.29 is 9.90 Å². The van der Waals surface area contributed by atoms with Crippen molar-refractivity contribution in [2.45, 2.75) is 0 Å². The monoisotopic (exact) mass is 225 g/mol. The number of hydrogen-bond acceptors (Lipinski definition) is 4. The van der Waals surface area contributed by atoms with Crippen LogP contribution in [-0.2, 0) is 0 Å². The van der Waals surface area contributed by atoms with Crippen LogP contribution in [0.2, 0.25) is 5.02 Å². The van der Waals surface area contributed by atoms with Gasteiger partial charge in [0.25, 0.3) is 0 Å². The van der Waals surface area contributed by atoms with E-state index in [0.717, 1.165) is 6.21 Å². The van der Waals surface area contributed by atoms with E-state index in [1.54, 1.807) is 6.07 Å². The number of carbonyl (C=O) groups is 1. The third-order valence-corrected chi connectivity index (χ3v) is 1.78. The molecule has 0 amide bonds. The summed E-state index contributed by atoms with van der Waals surface area (Å²) in [6, 6.07) is 4.38. The highest BCUT2D eigenvalue weighted by Crippen LogP contribution is 2.20. The van der Waals surface area contributed by atoms with Gasteiger partial charge in [-0.1, -0.05) is 11.6 Å². The number of carboxylic acids is 1. The second-order valence-corrected chi connectivity index (χ2v) is 2.99. The van der Waals surface area contributed by atoms with E-state index in [4.69, 9.17) is 22.1 Å². The van der Waals surface area contributed by atoms with E-state index in [-0.39, 0.29) is 5.56 Å². The Bertz CT molecular complexity index is 418. The summed E-state index contributed by atoms with van der Waals surface area (Å²) < 4.78 is 0. The molecule has 78 valence electrons. The second-order valence-electron chi connectivity index (χ2n) is 2.55. The topological polar surface area (TPSA) is 85.5 Å².